The molecule has 168 valence electrons. The standard InChI is InChI=1S/C24H26N2O5S/c1-18-9-7-8-12-21(18)25-24(27)17-26(16-19-10-5-4-6-11-19)32(28,29)20-13-14-22(30-2)23(15-20)31-3/h4-15H,16-17H2,1-3H3,(H,25,27). The van der Waals surface area contributed by atoms with Gasteiger partial charge in [-0.3, -0.25) is 4.79 Å². The number of methoxy groups -OCH3 is 2. The average Bonchev–Trinajstić information content (AvgIpc) is 2.80. The van der Waals surface area contributed by atoms with Crippen LogP contribution >= 0.6 is 0 Å². The zero-order valence-corrected chi connectivity index (χ0v) is 19.1. The molecule has 8 heteroatoms. The highest BCUT2D eigenvalue weighted by Gasteiger charge is 2.28. The Labute approximate surface area is 188 Å². The molecule has 1 N–H and O–H groups in total. The molecule has 0 heterocycles. The number of nitrogens with zero attached hydrogens (tertiary/aromatic N) is 1. The predicted octanol–water partition coefficient (Wildman–Crippen LogP) is 3.84. The number of amides is 1. The van der Waals surface area contributed by atoms with Crippen molar-refractivity contribution < 1.29 is 22.7 Å². The fraction of sp³-hybridized carbons (Fsp3) is 0.208. The van der Waals surface area contributed by atoms with Gasteiger partial charge in [0.2, 0.25) is 15.9 Å². The molecule has 0 fully saturated rings. The van der Waals surface area contributed by atoms with E-state index in [1.54, 1.807) is 6.07 Å². The lowest BCUT2D eigenvalue weighted by molar-refractivity contribution is -0.116. The minimum Gasteiger partial charge on any atom is -0.493 e. The fourth-order valence-corrected chi connectivity index (χ4v) is 4.60. The monoisotopic (exact) mass is 454 g/mol. The van der Waals surface area contributed by atoms with Crippen molar-refractivity contribution >= 4 is 21.6 Å². The van der Waals surface area contributed by atoms with Crippen LogP contribution in [-0.4, -0.2) is 39.4 Å². The normalized spacial score (nSPS) is 11.2. The SMILES string of the molecule is COc1ccc(S(=O)(=O)N(CC(=O)Nc2ccccc2C)Cc2ccccc2)cc1OC. The summed E-state index contributed by atoms with van der Waals surface area (Å²) in [6, 6.07) is 20.8. The second kappa shape index (κ2) is 10.3. The number of hydrogen-bond acceptors (Lipinski definition) is 5. The van der Waals surface area contributed by atoms with Crippen LogP contribution < -0.4 is 14.8 Å². The van der Waals surface area contributed by atoms with Crippen molar-refractivity contribution in [3.63, 3.8) is 0 Å². The van der Waals surface area contributed by atoms with Crippen LogP contribution in [0.15, 0.2) is 77.7 Å². The Morgan fingerprint density at radius 1 is 0.906 bits per heavy atom. The van der Waals surface area contributed by atoms with E-state index in [0.717, 1.165) is 15.4 Å². The van der Waals surface area contributed by atoms with Gasteiger partial charge in [0, 0.05) is 18.3 Å². The third-order valence-corrected chi connectivity index (χ3v) is 6.72. The number of carbonyl (C=O) groups is 1. The molecule has 3 rings (SSSR count). The first kappa shape index (κ1) is 23.3. The molecule has 0 saturated carbocycles. The number of nitrogens with one attached hydrogen (secondary N) is 1. The van der Waals surface area contributed by atoms with Gasteiger partial charge in [-0.2, -0.15) is 4.31 Å². The van der Waals surface area contributed by atoms with E-state index in [1.807, 2.05) is 55.5 Å². The lowest BCUT2D eigenvalue weighted by Gasteiger charge is -2.23. The van der Waals surface area contributed by atoms with Crippen molar-refractivity contribution in [1.29, 1.82) is 0 Å². The fourth-order valence-electron chi connectivity index (χ4n) is 3.20. The molecular formula is C24H26N2O5S. The Balaban J connectivity index is 1.93. The minimum absolute atomic E-state index is 0.00905. The molecule has 32 heavy (non-hydrogen) atoms. The number of hydrogen-bond donors (Lipinski definition) is 1. The van der Waals surface area contributed by atoms with Gasteiger partial charge in [0.15, 0.2) is 11.5 Å². The summed E-state index contributed by atoms with van der Waals surface area (Å²) in [6.45, 7) is 1.57. The van der Waals surface area contributed by atoms with Crippen molar-refractivity contribution in [1.82, 2.24) is 4.31 Å². The summed E-state index contributed by atoms with van der Waals surface area (Å²) < 4.78 is 38.6. The largest absolute Gasteiger partial charge is 0.493 e. The van der Waals surface area contributed by atoms with Crippen molar-refractivity contribution in [3.8, 4) is 11.5 Å². The highest BCUT2D eigenvalue weighted by molar-refractivity contribution is 7.89. The molecule has 0 aliphatic rings. The van der Waals surface area contributed by atoms with Crippen molar-refractivity contribution in [2.24, 2.45) is 0 Å². The number of benzene rings is 3. The van der Waals surface area contributed by atoms with Crippen molar-refractivity contribution in [3.05, 3.63) is 83.9 Å². The summed E-state index contributed by atoms with van der Waals surface area (Å²) >= 11 is 0. The number of sulfonamides is 1. The summed E-state index contributed by atoms with van der Waals surface area (Å²) in [5, 5.41) is 2.80. The maximum atomic E-state index is 13.5. The Morgan fingerprint density at radius 3 is 2.22 bits per heavy atom. The van der Waals surface area contributed by atoms with Crippen molar-refractivity contribution in [2.75, 3.05) is 26.1 Å². The van der Waals surface area contributed by atoms with E-state index in [0.29, 0.717) is 11.4 Å². The molecule has 1 amide bonds. The van der Waals surface area contributed by atoms with Crippen molar-refractivity contribution in [2.45, 2.75) is 18.4 Å². The summed E-state index contributed by atoms with van der Waals surface area (Å²) in [5.41, 5.74) is 2.29. The lowest BCUT2D eigenvalue weighted by Crippen LogP contribution is -2.37. The maximum absolute atomic E-state index is 13.5. The first-order valence-electron chi connectivity index (χ1n) is 9.96. The van der Waals surface area contributed by atoms with E-state index in [9.17, 15) is 13.2 Å². The Morgan fingerprint density at radius 2 is 1.56 bits per heavy atom. The van der Waals surface area contributed by atoms with Crippen LogP contribution in [0.1, 0.15) is 11.1 Å². The first-order valence-corrected chi connectivity index (χ1v) is 11.4. The van der Waals surface area contributed by atoms with Crippen LogP contribution in [-0.2, 0) is 21.4 Å². The van der Waals surface area contributed by atoms with E-state index < -0.39 is 15.9 Å². The summed E-state index contributed by atoms with van der Waals surface area (Å²) in [5.74, 6) is 0.273. The Kier molecular flexibility index (Phi) is 7.50. The second-order valence-corrected chi connectivity index (χ2v) is 9.08. The minimum atomic E-state index is -4.02. The molecule has 7 nitrogen and oxygen atoms in total. The molecule has 0 aliphatic heterocycles. The Hall–Kier alpha value is -3.36. The molecule has 3 aromatic carbocycles. The van der Waals surface area contributed by atoms with E-state index in [4.69, 9.17) is 9.47 Å². The van der Waals surface area contributed by atoms with Gasteiger partial charge in [-0.1, -0.05) is 48.5 Å². The van der Waals surface area contributed by atoms with Crippen LogP contribution in [0.25, 0.3) is 0 Å². The van der Waals surface area contributed by atoms with Gasteiger partial charge in [0.05, 0.1) is 25.7 Å². The highest BCUT2D eigenvalue weighted by Crippen LogP contribution is 2.31. The Bertz CT molecular complexity index is 1180. The number of anilines is 1. The number of rotatable bonds is 9. The van der Waals surface area contributed by atoms with E-state index >= 15 is 0 Å². The molecule has 0 bridgehead atoms. The molecule has 0 unspecified atom stereocenters. The topological polar surface area (TPSA) is 84.9 Å². The van der Waals surface area contributed by atoms with Crippen LogP contribution in [0.4, 0.5) is 5.69 Å². The number of carbonyl (C=O) groups excluding carboxylic acids is 1. The molecule has 0 radical (unpaired) electrons. The lowest BCUT2D eigenvalue weighted by atomic mass is 10.2. The number of para-hydroxylation sites is 1. The van der Waals surface area contributed by atoms with Gasteiger partial charge in [-0.25, -0.2) is 8.42 Å². The van der Waals surface area contributed by atoms with E-state index in [1.165, 1.54) is 32.4 Å². The molecule has 0 aromatic heterocycles. The molecule has 0 atom stereocenters. The van der Waals surface area contributed by atoms with Gasteiger partial charge < -0.3 is 14.8 Å². The number of aryl methyl sites for hydroxylation is 1. The average molecular weight is 455 g/mol. The van der Waals surface area contributed by atoms with Crippen LogP contribution in [0.3, 0.4) is 0 Å². The molecule has 0 saturated heterocycles. The van der Waals surface area contributed by atoms with Crippen LogP contribution in [0.2, 0.25) is 0 Å². The third-order valence-electron chi connectivity index (χ3n) is 4.93. The van der Waals surface area contributed by atoms with Gasteiger partial charge >= 0.3 is 0 Å². The molecule has 3 aromatic rings. The molecule has 0 spiro atoms. The quantitative estimate of drug-likeness (QED) is 0.531. The molecule has 0 aliphatic carbocycles. The smallest absolute Gasteiger partial charge is 0.243 e. The third kappa shape index (κ3) is 5.46. The van der Waals surface area contributed by atoms with Crippen LogP contribution in [0.5, 0.6) is 11.5 Å². The van der Waals surface area contributed by atoms with Gasteiger partial charge in [-0.05, 0) is 36.2 Å². The maximum Gasteiger partial charge on any atom is 0.243 e. The van der Waals surface area contributed by atoms with Crippen LogP contribution in [0, 0.1) is 6.92 Å². The van der Waals surface area contributed by atoms with E-state index in [2.05, 4.69) is 5.32 Å². The van der Waals surface area contributed by atoms with Gasteiger partial charge in [-0.15, -0.1) is 0 Å². The zero-order chi connectivity index (χ0) is 23.1. The predicted molar refractivity (Wildman–Crippen MR) is 123 cm³/mol. The summed E-state index contributed by atoms with van der Waals surface area (Å²) in [4.78, 5) is 12.8. The van der Waals surface area contributed by atoms with Gasteiger partial charge in [0.1, 0.15) is 0 Å². The summed E-state index contributed by atoms with van der Waals surface area (Å²) in [6.07, 6.45) is 0. The first-order chi connectivity index (χ1) is 15.3. The van der Waals surface area contributed by atoms with Gasteiger partial charge in [0.25, 0.3) is 0 Å². The highest BCUT2D eigenvalue weighted by atomic mass is 32.2. The number of ether oxygens (including phenoxy) is 2. The summed E-state index contributed by atoms with van der Waals surface area (Å²) in [7, 11) is -1.11. The molecular weight excluding hydrogens is 428 g/mol. The zero-order valence-electron chi connectivity index (χ0n) is 18.2. The van der Waals surface area contributed by atoms with E-state index in [-0.39, 0.29) is 23.7 Å². The second-order valence-electron chi connectivity index (χ2n) is 7.14.